The lowest BCUT2D eigenvalue weighted by Gasteiger charge is -2.32. The van der Waals surface area contributed by atoms with Gasteiger partial charge in [-0.2, -0.15) is 0 Å². The number of carbonyl (C=O) groups excluding carboxylic acids is 2. The molecule has 4 aromatic rings. The maximum absolute atomic E-state index is 14.0. The van der Waals surface area contributed by atoms with Crippen LogP contribution in [0.15, 0.2) is 109 Å². The maximum Gasteiger partial charge on any atom is 0.243 e. The molecule has 4 rings (SSSR count). The summed E-state index contributed by atoms with van der Waals surface area (Å²) in [6, 6.07) is 34.4. The Labute approximate surface area is 236 Å². The normalized spacial score (nSPS) is 11.3. The number of hydrogen-bond donors (Lipinski definition) is 1. The van der Waals surface area contributed by atoms with Crippen LogP contribution < -0.4 is 14.8 Å². The summed E-state index contributed by atoms with van der Waals surface area (Å²) in [5.41, 5.74) is 3.87. The second-order valence-electron chi connectivity index (χ2n) is 9.61. The Balaban J connectivity index is 1.61. The van der Waals surface area contributed by atoms with Crippen LogP contribution >= 0.6 is 0 Å². The number of rotatable bonds is 13. The van der Waals surface area contributed by atoms with Crippen molar-refractivity contribution >= 4 is 11.8 Å². The molecule has 40 heavy (non-hydrogen) atoms. The predicted molar refractivity (Wildman–Crippen MR) is 157 cm³/mol. The maximum atomic E-state index is 14.0. The number of benzene rings is 4. The summed E-state index contributed by atoms with van der Waals surface area (Å²) >= 11 is 0. The highest BCUT2D eigenvalue weighted by atomic mass is 16.5. The van der Waals surface area contributed by atoms with Gasteiger partial charge in [-0.1, -0.05) is 97.1 Å². The lowest BCUT2D eigenvalue weighted by Crippen LogP contribution is -2.51. The molecule has 0 aromatic heterocycles. The molecule has 0 saturated heterocycles. The van der Waals surface area contributed by atoms with Crippen LogP contribution in [0.5, 0.6) is 11.5 Å². The Bertz CT molecular complexity index is 1360. The average molecular weight is 537 g/mol. The number of ether oxygens (including phenoxy) is 2. The molecular formula is C34H36N2O4. The van der Waals surface area contributed by atoms with Crippen molar-refractivity contribution in [2.45, 2.75) is 31.8 Å². The molecular weight excluding hydrogens is 500 g/mol. The molecule has 4 aromatic carbocycles. The fourth-order valence-electron chi connectivity index (χ4n) is 4.69. The van der Waals surface area contributed by atoms with Gasteiger partial charge in [0.05, 0.1) is 20.6 Å². The van der Waals surface area contributed by atoms with Crippen LogP contribution in [0.1, 0.15) is 22.3 Å². The molecule has 6 heteroatoms. The summed E-state index contributed by atoms with van der Waals surface area (Å²) in [7, 11) is 3.15. The van der Waals surface area contributed by atoms with Crippen molar-refractivity contribution in [3.63, 3.8) is 0 Å². The monoisotopic (exact) mass is 536 g/mol. The van der Waals surface area contributed by atoms with E-state index in [2.05, 4.69) is 5.32 Å². The molecule has 0 saturated carbocycles. The summed E-state index contributed by atoms with van der Waals surface area (Å²) in [5.74, 6) is 0.841. The Hall–Kier alpha value is -4.58. The van der Waals surface area contributed by atoms with Gasteiger partial charge in [0.15, 0.2) is 11.5 Å². The van der Waals surface area contributed by atoms with Gasteiger partial charge in [0.1, 0.15) is 6.04 Å². The van der Waals surface area contributed by atoms with Gasteiger partial charge in [-0.25, -0.2) is 0 Å². The van der Waals surface area contributed by atoms with Crippen molar-refractivity contribution in [2.75, 3.05) is 20.8 Å². The first-order chi connectivity index (χ1) is 19.6. The van der Waals surface area contributed by atoms with Crippen molar-refractivity contribution < 1.29 is 19.1 Å². The first kappa shape index (κ1) is 28.4. The van der Waals surface area contributed by atoms with E-state index in [4.69, 9.17) is 9.47 Å². The number of hydrogen-bond acceptors (Lipinski definition) is 4. The fraction of sp³-hybridized carbons (Fsp3) is 0.235. The van der Waals surface area contributed by atoms with Crippen molar-refractivity contribution in [3.05, 3.63) is 131 Å². The zero-order valence-electron chi connectivity index (χ0n) is 23.1. The van der Waals surface area contributed by atoms with Gasteiger partial charge in [0.2, 0.25) is 11.8 Å². The highest BCUT2D eigenvalue weighted by Gasteiger charge is 2.30. The summed E-state index contributed by atoms with van der Waals surface area (Å²) < 4.78 is 10.8. The molecule has 0 aliphatic carbocycles. The highest BCUT2D eigenvalue weighted by molar-refractivity contribution is 5.89. The molecule has 1 atom stereocenters. The van der Waals surface area contributed by atoms with E-state index in [9.17, 15) is 9.59 Å². The van der Waals surface area contributed by atoms with Crippen LogP contribution in [-0.4, -0.2) is 43.5 Å². The van der Waals surface area contributed by atoms with E-state index in [0.717, 1.165) is 22.3 Å². The van der Waals surface area contributed by atoms with Crippen LogP contribution in [0.2, 0.25) is 0 Å². The molecule has 0 fully saturated rings. The number of amides is 2. The lowest BCUT2D eigenvalue weighted by atomic mass is 10.0. The number of methoxy groups -OCH3 is 2. The third kappa shape index (κ3) is 7.96. The van der Waals surface area contributed by atoms with E-state index in [1.165, 1.54) is 0 Å². The summed E-state index contributed by atoms with van der Waals surface area (Å²) in [5, 5.41) is 3.10. The van der Waals surface area contributed by atoms with E-state index in [1.807, 2.05) is 103 Å². The SMILES string of the molecule is COc1ccc(CC(=O)N(Cc2ccccc2)[C@@H](Cc2ccccc2)C(=O)NCCc2ccccc2)cc1OC. The van der Waals surface area contributed by atoms with Crippen LogP contribution in [0.4, 0.5) is 0 Å². The van der Waals surface area contributed by atoms with Crippen molar-refractivity contribution in [2.24, 2.45) is 0 Å². The van der Waals surface area contributed by atoms with Crippen LogP contribution in [0, 0.1) is 0 Å². The van der Waals surface area contributed by atoms with E-state index in [0.29, 0.717) is 37.4 Å². The van der Waals surface area contributed by atoms with Gasteiger partial charge in [-0.05, 0) is 40.8 Å². The number of nitrogens with zero attached hydrogens (tertiary/aromatic N) is 1. The summed E-state index contributed by atoms with van der Waals surface area (Å²) in [4.78, 5) is 29.5. The third-order valence-electron chi connectivity index (χ3n) is 6.83. The second-order valence-corrected chi connectivity index (χ2v) is 9.61. The van der Waals surface area contributed by atoms with E-state index < -0.39 is 6.04 Å². The van der Waals surface area contributed by atoms with E-state index >= 15 is 0 Å². The highest BCUT2D eigenvalue weighted by Crippen LogP contribution is 2.28. The first-order valence-corrected chi connectivity index (χ1v) is 13.5. The molecule has 0 unspecified atom stereocenters. The Kier molecular flexibility index (Phi) is 10.3. The van der Waals surface area contributed by atoms with Gasteiger partial charge in [0.25, 0.3) is 0 Å². The van der Waals surface area contributed by atoms with Crippen molar-refractivity contribution in [3.8, 4) is 11.5 Å². The number of nitrogens with one attached hydrogen (secondary N) is 1. The molecule has 0 heterocycles. The van der Waals surface area contributed by atoms with Gasteiger partial charge in [-0.15, -0.1) is 0 Å². The first-order valence-electron chi connectivity index (χ1n) is 13.5. The summed E-state index contributed by atoms with van der Waals surface area (Å²) in [6.45, 7) is 0.799. The van der Waals surface area contributed by atoms with Gasteiger partial charge in [-0.3, -0.25) is 9.59 Å². The second kappa shape index (κ2) is 14.5. The molecule has 0 spiro atoms. The molecule has 0 bridgehead atoms. The topological polar surface area (TPSA) is 67.9 Å². The average Bonchev–Trinajstić information content (AvgIpc) is 3.00. The lowest BCUT2D eigenvalue weighted by molar-refractivity contribution is -0.140. The predicted octanol–water partition coefficient (Wildman–Crippen LogP) is 5.25. The minimum atomic E-state index is -0.689. The summed E-state index contributed by atoms with van der Waals surface area (Å²) in [6.07, 6.45) is 1.24. The van der Waals surface area contributed by atoms with Gasteiger partial charge < -0.3 is 19.7 Å². The zero-order chi connectivity index (χ0) is 28.2. The quantitative estimate of drug-likeness (QED) is 0.254. The Morgan fingerprint density at radius 3 is 1.88 bits per heavy atom. The largest absolute Gasteiger partial charge is 0.493 e. The minimum absolute atomic E-state index is 0.121. The number of carbonyl (C=O) groups is 2. The smallest absolute Gasteiger partial charge is 0.243 e. The van der Waals surface area contributed by atoms with Crippen LogP contribution in [0.25, 0.3) is 0 Å². The fourth-order valence-corrected chi connectivity index (χ4v) is 4.69. The molecule has 0 aliphatic rings. The molecule has 0 radical (unpaired) electrons. The Morgan fingerprint density at radius 2 is 1.27 bits per heavy atom. The van der Waals surface area contributed by atoms with Crippen LogP contribution in [0.3, 0.4) is 0 Å². The van der Waals surface area contributed by atoms with E-state index in [1.54, 1.807) is 25.2 Å². The van der Waals surface area contributed by atoms with E-state index in [-0.39, 0.29) is 18.2 Å². The minimum Gasteiger partial charge on any atom is -0.493 e. The Morgan fingerprint density at radius 1 is 0.700 bits per heavy atom. The zero-order valence-corrected chi connectivity index (χ0v) is 23.1. The van der Waals surface area contributed by atoms with Crippen LogP contribution in [-0.2, 0) is 35.4 Å². The molecule has 1 N–H and O–H groups in total. The molecule has 0 aliphatic heterocycles. The standard InChI is InChI=1S/C34H36N2O4/c1-39-31-19-18-29(23-32(31)40-2)24-33(37)36(25-28-16-10-5-11-17-28)30(22-27-14-8-4-9-15-27)34(38)35-21-20-26-12-6-3-7-13-26/h3-19,23,30H,20-22,24-25H2,1-2H3,(H,35,38)/t30-/m0/s1. The van der Waals surface area contributed by atoms with Gasteiger partial charge in [0, 0.05) is 19.5 Å². The molecule has 206 valence electrons. The third-order valence-corrected chi connectivity index (χ3v) is 6.83. The molecule has 6 nitrogen and oxygen atoms in total. The molecule has 2 amide bonds. The van der Waals surface area contributed by atoms with Gasteiger partial charge >= 0.3 is 0 Å². The van der Waals surface area contributed by atoms with Crippen molar-refractivity contribution in [1.82, 2.24) is 10.2 Å². The van der Waals surface area contributed by atoms with Crippen molar-refractivity contribution in [1.29, 1.82) is 0 Å².